The van der Waals surface area contributed by atoms with Crippen LogP contribution in [0.4, 0.5) is 0 Å². The number of nitrogens with one attached hydrogen (secondary N) is 1. The first-order valence-corrected chi connectivity index (χ1v) is 10.7. The van der Waals surface area contributed by atoms with Crippen molar-refractivity contribution in [2.75, 3.05) is 26.2 Å². The molecule has 0 aliphatic carbocycles. The third kappa shape index (κ3) is 5.63. The third-order valence-corrected chi connectivity index (χ3v) is 5.49. The highest BCUT2D eigenvalue weighted by molar-refractivity contribution is 6.32. The van der Waals surface area contributed by atoms with Crippen molar-refractivity contribution in [3.8, 4) is 11.5 Å². The first kappa shape index (κ1) is 21.0. The van der Waals surface area contributed by atoms with Crippen LogP contribution in [0.2, 0.25) is 5.02 Å². The molecule has 1 atom stereocenters. The fourth-order valence-electron chi connectivity index (χ4n) is 3.78. The van der Waals surface area contributed by atoms with Crippen LogP contribution in [0.1, 0.15) is 37.8 Å². The number of likely N-dealkylation sites (N-methyl/N-ethyl adjacent to an activating group) is 1. The minimum atomic E-state index is 0.465. The van der Waals surface area contributed by atoms with E-state index in [0.29, 0.717) is 35.8 Å². The van der Waals surface area contributed by atoms with Gasteiger partial charge in [0.05, 0.1) is 11.6 Å². The maximum atomic E-state index is 6.55. The molecule has 1 aliphatic heterocycles. The minimum absolute atomic E-state index is 0.465. The van der Waals surface area contributed by atoms with Gasteiger partial charge in [0, 0.05) is 19.1 Å². The standard InChI is InChI=1S/C23H31ClN2O2/c1-3-26-12-8-11-20(26)16-25-15-19-13-21(24)23(22(14-19)27-4-2)28-17-18-9-6-5-7-10-18/h5-7,9-10,13-14,20,25H,3-4,8,11-12,15-17H2,1-2H3. The first-order chi connectivity index (χ1) is 13.7. The van der Waals surface area contributed by atoms with Gasteiger partial charge in [0.1, 0.15) is 6.61 Å². The van der Waals surface area contributed by atoms with E-state index in [1.165, 1.54) is 19.4 Å². The predicted octanol–water partition coefficient (Wildman–Crippen LogP) is 4.89. The van der Waals surface area contributed by atoms with Gasteiger partial charge in [-0.25, -0.2) is 0 Å². The zero-order valence-corrected chi connectivity index (χ0v) is 17.7. The molecule has 4 nitrogen and oxygen atoms in total. The van der Waals surface area contributed by atoms with Crippen molar-refractivity contribution in [1.29, 1.82) is 0 Å². The van der Waals surface area contributed by atoms with Gasteiger partial charge in [-0.05, 0) is 56.1 Å². The lowest BCUT2D eigenvalue weighted by molar-refractivity contribution is 0.259. The maximum absolute atomic E-state index is 6.55. The number of rotatable bonds is 10. The summed E-state index contributed by atoms with van der Waals surface area (Å²) in [6.07, 6.45) is 2.58. The molecule has 1 fully saturated rings. The summed E-state index contributed by atoms with van der Waals surface area (Å²) in [6, 6.07) is 14.7. The van der Waals surface area contributed by atoms with Crippen molar-refractivity contribution >= 4 is 11.6 Å². The summed E-state index contributed by atoms with van der Waals surface area (Å²) in [5, 5.41) is 4.18. The highest BCUT2D eigenvalue weighted by atomic mass is 35.5. The summed E-state index contributed by atoms with van der Waals surface area (Å²) in [4.78, 5) is 2.55. The largest absolute Gasteiger partial charge is 0.490 e. The van der Waals surface area contributed by atoms with Crippen LogP contribution >= 0.6 is 11.6 Å². The van der Waals surface area contributed by atoms with Crippen molar-refractivity contribution in [2.24, 2.45) is 0 Å². The molecular weight excluding hydrogens is 372 g/mol. The Kier molecular flexibility index (Phi) is 8.01. The lowest BCUT2D eigenvalue weighted by Crippen LogP contribution is -2.37. The van der Waals surface area contributed by atoms with E-state index in [0.717, 1.165) is 30.8 Å². The molecule has 5 heteroatoms. The summed E-state index contributed by atoms with van der Waals surface area (Å²) in [7, 11) is 0. The second kappa shape index (κ2) is 10.7. The molecule has 1 saturated heterocycles. The zero-order chi connectivity index (χ0) is 19.8. The van der Waals surface area contributed by atoms with E-state index in [-0.39, 0.29) is 0 Å². The topological polar surface area (TPSA) is 33.7 Å². The van der Waals surface area contributed by atoms with Crippen LogP contribution in [0.15, 0.2) is 42.5 Å². The molecule has 1 N–H and O–H groups in total. The number of benzene rings is 2. The SMILES string of the molecule is CCOc1cc(CNCC2CCCN2CC)cc(Cl)c1OCc1ccccc1. The summed E-state index contributed by atoms with van der Waals surface area (Å²) < 4.78 is 11.8. The zero-order valence-electron chi connectivity index (χ0n) is 16.9. The molecule has 152 valence electrons. The van der Waals surface area contributed by atoms with Crippen molar-refractivity contribution in [3.05, 3.63) is 58.6 Å². The molecule has 2 aromatic carbocycles. The second-order valence-electron chi connectivity index (χ2n) is 7.17. The summed E-state index contributed by atoms with van der Waals surface area (Å²) in [5.74, 6) is 1.32. The molecule has 0 bridgehead atoms. The van der Waals surface area contributed by atoms with E-state index in [9.17, 15) is 0 Å². The monoisotopic (exact) mass is 402 g/mol. The Balaban J connectivity index is 1.62. The molecule has 0 saturated carbocycles. The van der Waals surface area contributed by atoms with Crippen LogP contribution in [0.5, 0.6) is 11.5 Å². The number of hydrogen-bond acceptors (Lipinski definition) is 4. The van der Waals surface area contributed by atoms with Gasteiger partial charge in [-0.15, -0.1) is 0 Å². The Labute approximate surface area is 173 Å². The Hall–Kier alpha value is -1.75. The van der Waals surface area contributed by atoms with Gasteiger partial charge >= 0.3 is 0 Å². The van der Waals surface area contributed by atoms with Gasteiger partial charge in [-0.3, -0.25) is 4.90 Å². The maximum Gasteiger partial charge on any atom is 0.180 e. The first-order valence-electron chi connectivity index (χ1n) is 10.3. The quantitative estimate of drug-likeness (QED) is 0.613. The number of halogens is 1. The Morgan fingerprint density at radius 3 is 2.68 bits per heavy atom. The van der Waals surface area contributed by atoms with Crippen LogP contribution in [0.3, 0.4) is 0 Å². The van der Waals surface area contributed by atoms with Crippen LogP contribution in [0.25, 0.3) is 0 Å². The fraction of sp³-hybridized carbons (Fsp3) is 0.478. The van der Waals surface area contributed by atoms with Gasteiger partial charge in [-0.2, -0.15) is 0 Å². The lowest BCUT2D eigenvalue weighted by Gasteiger charge is -2.23. The van der Waals surface area contributed by atoms with E-state index in [4.69, 9.17) is 21.1 Å². The number of likely N-dealkylation sites (tertiary alicyclic amines) is 1. The normalized spacial score (nSPS) is 17.0. The average molecular weight is 403 g/mol. The van der Waals surface area contributed by atoms with E-state index in [2.05, 4.69) is 17.1 Å². The van der Waals surface area contributed by atoms with Crippen molar-refractivity contribution < 1.29 is 9.47 Å². The molecule has 1 unspecified atom stereocenters. The number of hydrogen-bond donors (Lipinski definition) is 1. The Morgan fingerprint density at radius 1 is 1.11 bits per heavy atom. The molecule has 28 heavy (non-hydrogen) atoms. The molecule has 0 amide bonds. The average Bonchev–Trinajstić information content (AvgIpc) is 3.16. The van der Waals surface area contributed by atoms with Gasteiger partial charge in [0.25, 0.3) is 0 Å². The fourth-order valence-corrected chi connectivity index (χ4v) is 4.07. The predicted molar refractivity (Wildman–Crippen MR) is 115 cm³/mol. The Morgan fingerprint density at radius 2 is 1.93 bits per heavy atom. The lowest BCUT2D eigenvalue weighted by atomic mass is 10.1. The number of nitrogens with zero attached hydrogens (tertiary/aromatic N) is 1. The van der Waals surface area contributed by atoms with Crippen LogP contribution in [-0.4, -0.2) is 37.2 Å². The van der Waals surface area contributed by atoms with Gasteiger partial charge < -0.3 is 14.8 Å². The van der Waals surface area contributed by atoms with E-state index in [1.54, 1.807) is 0 Å². The smallest absolute Gasteiger partial charge is 0.180 e. The van der Waals surface area contributed by atoms with Gasteiger partial charge in [-0.1, -0.05) is 48.9 Å². The summed E-state index contributed by atoms with van der Waals surface area (Å²) in [6.45, 7) is 9.36. The van der Waals surface area contributed by atoms with Gasteiger partial charge in [0.2, 0.25) is 0 Å². The van der Waals surface area contributed by atoms with Crippen molar-refractivity contribution in [2.45, 2.75) is 45.9 Å². The van der Waals surface area contributed by atoms with E-state index in [1.807, 2.05) is 49.4 Å². The molecule has 1 heterocycles. The molecular formula is C23H31ClN2O2. The van der Waals surface area contributed by atoms with Crippen LogP contribution < -0.4 is 14.8 Å². The molecule has 0 radical (unpaired) electrons. The molecule has 2 aromatic rings. The van der Waals surface area contributed by atoms with Crippen molar-refractivity contribution in [1.82, 2.24) is 10.2 Å². The number of ether oxygens (including phenoxy) is 2. The summed E-state index contributed by atoms with van der Waals surface area (Å²) >= 11 is 6.55. The minimum Gasteiger partial charge on any atom is -0.490 e. The van der Waals surface area contributed by atoms with Gasteiger partial charge in [0.15, 0.2) is 11.5 Å². The van der Waals surface area contributed by atoms with E-state index < -0.39 is 0 Å². The third-order valence-electron chi connectivity index (χ3n) is 5.21. The van der Waals surface area contributed by atoms with Crippen molar-refractivity contribution in [3.63, 3.8) is 0 Å². The van der Waals surface area contributed by atoms with Crippen LogP contribution in [0, 0.1) is 0 Å². The molecule has 0 aromatic heterocycles. The molecule has 1 aliphatic rings. The highest BCUT2D eigenvalue weighted by Gasteiger charge is 2.22. The summed E-state index contributed by atoms with van der Waals surface area (Å²) in [5.41, 5.74) is 2.21. The highest BCUT2D eigenvalue weighted by Crippen LogP contribution is 2.37. The molecule has 0 spiro atoms. The van der Waals surface area contributed by atoms with Crippen LogP contribution in [-0.2, 0) is 13.2 Å². The second-order valence-corrected chi connectivity index (χ2v) is 7.57. The Bertz CT molecular complexity index is 739. The molecule has 3 rings (SSSR count). The van der Waals surface area contributed by atoms with E-state index >= 15 is 0 Å².